The molecular formula is C88H44B2F52Ru2. The standard InChI is InChI=1S/2C32H12BF24.4C6H5F.2Ru/c2*34-25(35,36)13-1-14(26(37,38)39)6-21(5-13)33(22-7-15(27(40,41)42)2-16(8-22)28(43,44)45,23-9-17(29(46,47)48)3-18(10-23)30(49,50)51)24-11-19(31(52,53)54)4-20(12-24)32(55,56)57;4*7-6-4-2-1-3-5-6;;/h2*1-12H;4*1-5H;;/q2*-1;;;;;2*+1. The molecule has 144 heavy (non-hydrogen) atoms. The Bertz CT molecular complexity index is 4950. The molecule has 0 nitrogen and oxygen atoms in total. The summed E-state index contributed by atoms with van der Waals surface area (Å²) in [6.45, 7) is 0. The average molecular weight is 2310 g/mol. The zero-order chi connectivity index (χ0) is 108. The van der Waals surface area contributed by atoms with Gasteiger partial charge in [-0.3, -0.25) is 0 Å². The molecule has 0 saturated heterocycles. The summed E-state index contributed by atoms with van der Waals surface area (Å²) in [7, 11) is 0. The minimum absolute atomic E-state index is 0. The molecule has 0 spiro atoms. The topological polar surface area (TPSA) is 0 Å². The van der Waals surface area contributed by atoms with Crippen LogP contribution in [0.2, 0.25) is 0 Å². The summed E-state index contributed by atoms with van der Waals surface area (Å²) >= 11 is 0. The quantitative estimate of drug-likeness (QED) is 0.105. The van der Waals surface area contributed by atoms with Gasteiger partial charge in [0.25, 0.3) is 0 Å². The molecule has 12 rings (SSSR count). The molecule has 0 unspecified atom stereocenters. The van der Waals surface area contributed by atoms with Crippen LogP contribution in [0.1, 0.15) is 89.0 Å². The fourth-order valence-electron chi connectivity index (χ4n) is 13.8. The first kappa shape index (κ1) is 123. The van der Waals surface area contributed by atoms with Gasteiger partial charge in [-0.25, -0.2) is 17.6 Å². The summed E-state index contributed by atoms with van der Waals surface area (Å²) in [5.74, 6) is -0.713. The van der Waals surface area contributed by atoms with Gasteiger partial charge in [0.05, 0.1) is 89.0 Å². The van der Waals surface area contributed by atoms with Crippen LogP contribution < -0.4 is 43.7 Å². The van der Waals surface area contributed by atoms with E-state index in [0.717, 1.165) is 0 Å². The first-order valence-corrected chi connectivity index (χ1v) is 37.6. The monoisotopic (exact) mass is 2310 g/mol. The molecule has 0 N–H and O–H groups in total. The van der Waals surface area contributed by atoms with Crippen molar-refractivity contribution in [3.63, 3.8) is 0 Å². The van der Waals surface area contributed by atoms with E-state index in [9.17, 15) is 228 Å². The Kier molecular flexibility index (Phi) is 37.8. The van der Waals surface area contributed by atoms with E-state index in [1.807, 2.05) is 0 Å². The number of hydrogen-bond acceptors (Lipinski definition) is 0. The third-order valence-corrected chi connectivity index (χ3v) is 19.8. The van der Waals surface area contributed by atoms with Crippen molar-refractivity contribution in [2.75, 3.05) is 0 Å². The average Bonchev–Trinajstić information content (AvgIpc) is 0.708. The fraction of sp³-hybridized carbons (Fsp3) is 0.182. The molecule has 56 heteroatoms. The molecule has 0 aliphatic heterocycles. The first-order chi connectivity index (χ1) is 64.1. The van der Waals surface area contributed by atoms with E-state index in [-0.39, 0.29) is 62.2 Å². The van der Waals surface area contributed by atoms with Gasteiger partial charge in [0, 0.05) is 0 Å². The van der Waals surface area contributed by atoms with Crippen LogP contribution in [-0.4, -0.2) is 12.3 Å². The van der Waals surface area contributed by atoms with Crippen LogP contribution in [0, 0.1) is 23.3 Å². The van der Waals surface area contributed by atoms with Crippen LogP contribution in [0.4, 0.5) is 228 Å². The van der Waals surface area contributed by atoms with E-state index in [4.69, 9.17) is 0 Å². The van der Waals surface area contributed by atoms with Crippen molar-refractivity contribution < 1.29 is 267 Å². The number of alkyl halides is 48. The molecule has 0 bridgehead atoms. The molecule has 0 aromatic heterocycles. The van der Waals surface area contributed by atoms with Crippen LogP contribution >= 0.6 is 0 Å². The molecule has 782 valence electrons. The summed E-state index contributed by atoms with van der Waals surface area (Å²) in [5.41, 5.74) is -60.4. The van der Waals surface area contributed by atoms with E-state index in [1.54, 1.807) is 72.8 Å². The van der Waals surface area contributed by atoms with Gasteiger partial charge in [-0.15, -0.1) is 0 Å². The Morgan fingerprint density at radius 2 is 0.181 bits per heavy atom. The second-order valence-electron chi connectivity index (χ2n) is 29.6. The minimum Gasteiger partial charge on any atom is -0.207 e. The van der Waals surface area contributed by atoms with E-state index >= 15 is 0 Å². The molecule has 0 amide bonds. The second-order valence-corrected chi connectivity index (χ2v) is 29.6. The Morgan fingerprint density at radius 3 is 0.229 bits per heavy atom. The Morgan fingerprint density at radius 1 is 0.111 bits per heavy atom. The van der Waals surface area contributed by atoms with Crippen molar-refractivity contribution in [2.24, 2.45) is 0 Å². The Labute approximate surface area is 798 Å². The van der Waals surface area contributed by atoms with E-state index in [1.165, 1.54) is 48.5 Å². The molecule has 12 aromatic carbocycles. The van der Waals surface area contributed by atoms with Crippen molar-refractivity contribution in [1.82, 2.24) is 0 Å². The molecule has 2 radical (unpaired) electrons. The summed E-state index contributed by atoms with van der Waals surface area (Å²) in [6, 6.07) is 14.1. The summed E-state index contributed by atoms with van der Waals surface area (Å²) in [6.07, 6.45) is -110. The Hall–Kier alpha value is -11.6. The summed E-state index contributed by atoms with van der Waals surface area (Å²) in [5, 5.41) is 0. The second kappa shape index (κ2) is 44.4. The third kappa shape index (κ3) is 32.2. The largest absolute Gasteiger partial charge is 1.00 e. The maximum atomic E-state index is 14.2. The van der Waals surface area contributed by atoms with Gasteiger partial charge >= 0.3 is 138 Å². The van der Waals surface area contributed by atoms with Crippen LogP contribution in [0.25, 0.3) is 0 Å². The molecule has 0 heterocycles. The smallest absolute Gasteiger partial charge is 0.207 e. The maximum Gasteiger partial charge on any atom is 1.00 e. The van der Waals surface area contributed by atoms with Crippen molar-refractivity contribution in [3.8, 4) is 0 Å². The fourth-order valence-corrected chi connectivity index (χ4v) is 13.8. The van der Waals surface area contributed by atoms with Gasteiger partial charge in [-0.1, -0.05) is 170 Å². The molecular weight excluding hydrogens is 2270 g/mol. The normalized spacial score (nSPS) is 13.0. The van der Waals surface area contributed by atoms with Crippen molar-refractivity contribution in [2.45, 2.75) is 98.8 Å². The third-order valence-electron chi connectivity index (χ3n) is 19.8. The van der Waals surface area contributed by atoms with Gasteiger partial charge in [0.1, 0.15) is 35.6 Å². The number of rotatable bonds is 8. The Balaban J connectivity index is 0.000000391. The van der Waals surface area contributed by atoms with Gasteiger partial charge in [0.15, 0.2) is 0 Å². The van der Waals surface area contributed by atoms with Crippen molar-refractivity contribution in [1.29, 1.82) is 0 Å². The summed E-state index contributed by atoms with van der Waals surface area (Å²) < 4.78 is 729. The van der Waals surface area contributed by atoms with Gasteiger partial charge in [0.2, 0.25) is 0 Å². The molecule has 0 fully saturated rings. The van der Waals surface area contributed by atoms with E-state index < -0.39 is 389 Å². The minimum atomic E-state index is -6.13. The predicted molar refractivity (Wildman–Crippen MR) is 406 cm³/mol. The van der Waals surface area contributed by atoms with Gasteiger partial charge in [-0.2, -0.15) is 254 Å². The molecule has 0 atom stereocenters. The first-order valence-electron chi connectivity index (χ1n) is 37.6. The van der Waals surface area contributed by atoms with Crippen molar-refractivity contribution >= 4 is 56.0 Å². The number of halogens is 52. The SMILES string of the molecule is FC(F)(F)c1cc([B-](c2cc(C(F)(F)F)cc(C(F)(F)F)c2)(c2cc(C(F)(F)F)cc(C(F)(F)F)c2)c2cc(C(F)(F)F)cc(C(F)(F)F)c2)cc(C(F)(F)F)c1.FC(F)(F)c1cc([B-](c2cc(C(F)(F)F)cc(C(F)(F)F)c2)(c2cc(C(F)(F)F)cc(C(F)(F)F)c2)c2cc(C(F)(F)F)cc(C(F)(F)F)c2)cc(C(F)(F)F)c1.Fc1ccccc1.Fc1ccccc1.Fc1ccccc1.Fc1ccccc1.[Ru+].[Ru+]. The summed E-state index contributed by atoms with van der Waals surface area (Å²) in [4.78, 5) is 0. The van der Waals surface area contributed by atoms with Crippen LogP contribution in [0.15, 0.2) is 267 Å². The van der Waals surface area contributed by atoms with Crippen LogP contribution in [0.5, 0.6) is 0 Å². The van der Waals surface area contributed by atoms with E-state index in [0.29, 0.717) is 0 Å². The molecule has 12 aromatic rings. The maximum absolute atomic E-state index is 14.2. The number of hydrogen-bond donors (Lipinski definition) is 0. The number of benzene rings is 12. The predicted octanol–water partition coefficient (Wildman–Crippen LogP) is 29.7. The molecule has 0 aliphatic carbocycles. The van der Waals surface area contributed by atoms with Gasteiger partial charge < -0.3 is 0 Å². The van der Waals surface area contributed by atoms with E-state index in [2.05, 4.69) is 0 Å². The molecule has 0 aliphatic rings. The van der Waals surface area contributed by atoms with Crippen molar-refractivity contribution in [3.05, 3.63) is 379 Å². The van der Waals surface area contributed by atoms with Gasteiger partial charge in [-0.05, 0) is 97.1 Å². The zero-order valence-corrected chi connectivity index (χ0v) is 72.4. The molecule has 0 saturated carbocycles. The zero-order valence-electron chi connectivity index (χ0n) is 68.9. The van der Waals surface area contributed by atoms with Crippen LogP contribution in [0.3, 0.4) is 0 Å². The van der Waals surface area contributed by atoms with Crippen LogP contribution in [-0.2, 0) is 138 Å².